The molecule has 19 heteroatoms. The smallest absolute Gasteiger partial charge is 0.416 e. The molecule has 1 aliphatic heterocycles. The van der Waals surface area contributed by atoms with Crippen molar-refractivity contribution in [1.29, 1.82) is 0 Å². The number of anilines is 2. The average Bonchev–Trinajstić information content (AvgIpc) is 3.53. The summed E-state index contributed by atoms with van der Waals surface area (Å²) < 4.78 is 109. The molecular weight excluding hydrogens is 550 g/mol. The maximum absolute atomic E-state index is 13.5. The third-order valence-electron chi connectivity index (χ3n) is 6.03. The number of aryl methyl sites for hydroxylation is 1. The van der Waals surface area contributed by atoms with E-state index in [0.717, 1.165) is 11.6 Å². The molecule has 5 heterocycles. The van der Waals surface area contributed by atoms with Crippen LogP contribution in [0.4, 0.5) is 46.8 Å². The summed E-state index contributed by atoms with van der Waals surface area (Å²) in [5, 5.41) is 12.8. The van der Waals surface area contributed by atoms with Crippen LogP contribution in [-0.4, -0.2) is 52.9 Å². The van der Waals surface area contributed by atoms with Gasteiger partial charge in [0.1, 0.15) is 17.3 Å². The quantitative estimate of drug-likeness (QED) is 0.346. The highest BCUT2D eigenvalue weighted by Crippen LogP contribution is 2.45. The standard InChI is InChI=1S/C20H13F8N9O2/c1-17(15-34-35-16(39-15)19(23,24)25)9-11(29)31-13(32-12(9)33-14(17)38)10-7-6-30-4-2-8(7)37(36-10)5-3-18(21,22)20(26,27)28/h2,4,6H,3,5H2,1H3,(H3,29,31,32,33,38). The number of nitrogens with one attached hydrogen (secondary N) is 1. The van der Waals surface area contributed by atoms with Gasteiger partial charge in [0.2, 0.25) is 11.8 Å². The second kappa shape index (κ2) is 8.27. The van der Waals surface area contributed by atoms with E-state index in [0.29, 0.717) is 0 Å². The molecule has 5 rings (SSSR count). The monoisotopic (exact) mass is 563 g/mol. The number of nitrogens with zero attached hydrogens (tertiary/aromatic N) is 7. The highest BCUT2D eigenvalue weighted by molar-refractivity contribution is 6.08. The number of pyridine rings is 1. The van der Waals surface area contributed by atoms with Crippen LogP contribution in [0.5, 0.6) is 0 Å². The summed E-state index contributed by atoms with van der Waals surface area (Å²) in [4.78, 5) is 25.0. The van der Waals surface area contributed by atoms with Crippen molar-refractivity contribution in [2.24, 2.45) is 0 Å². The fourth-order valence-electron chi connectivity index (χ4n) is 4.00. The Labute approximate surface area is 210 Å². The maximum Gasteiger partial charge on any atom is 0.470 e. The molecule has 1 atom stereocenters. The van der Waals surface area contributed by atoms with Crippen molar-refractivity contribution in [3.63, 3.8) is 0 Å². The summed E-state index contributed by atoms with van der Waals surface area (Å²) in [5.74, 6) is -9.26. The summed E-state index contributed by atoms with van der Waals surface area (Å²) in [6.07, 6.45) is -9.86. The van der Waals surface area contributed by atoms with Crippen LogP contribution >= 0.6 is 0 Å². The Hall–Kier alpha value is -4.45. The molecule has 0 bridgehead atoms. The number of rotatable bonds is 5. The largest absolute Gasteiger partial charge is 0.470 e. The number of alkyl halides is 8. The molecule has 1 amide bonds. The Balaban J connectivity index is 1.57. The zero-order chi connectivity index (χ0) is 28.5. The van der Waals surface area contributed by atoms with E-state index in [1.54, 1.807) is 0 Å². The van der Waals surface area contributed by atoms with Gasteiger partial charge in [-0.3, -0.25) is 14.5 Å². The molecular formula is C20H13F8N9O2. The second-order valence-electron chi connectivity index (χ2n) is 8.56. The molecule has 0 fully saturated rings. The number of halogens is 8. The van der Waals surface area contributed by atoms with Crippen LogP contribution in [0, 0.1) is 0 Å². The van der Waals surface area contributed by atoms with E-state index in [4.69, 9.17) is 5.73 Å². The normalized spacial score (nSPS) is 18.0. The first-order valence-electron chi connectivity index (χ1n) is 10.7. The summed E-state index contributed by atoms with van der Waals surface area (Å²) in [6, 6.07) is 1.32. The predicted molar refractivity (Wildman–Crippen MR) is 113 cm³/mol. The van der Waals surface area contributed by atoms with Gasteiger partial charge in [-0.15, -0.1) is 10.2 Å². The lowest BCUT2D eigenvalue weighted by Gasteiger charge is -2.19. The van der Waals surface area contributed by atoms with Crippen LogP contribution in [0.1, 0.15) is 30.7 Å². The first kappa shape index (κ1) is 26.2. The Bertz CT molecular complexity index is 1610. The maximum atomic E-state index is 13.5. The summed E-state index contributed by atoms with van der Waals surface area (Å²) in [6.45, 7) is 0.317. The molecule has 206 valence electrons. The topological polar surface area (TPSA) is 151 Å². The number of aromatic nitrogens is 7. The van der Waals surface area contributed by atoms with Gasteiger partial charge in [0, 0.05) is 30.7 Å². The van der Waals surface area contributed by atoms with Crippen LogP contribution in [0.15, 0.2) is 22.9 Å². The number of hydrogen-bond donors (Lipinski definition) is 2. The molecule has 39 heavy (non-hydrogen) atoms. The summed E-state index contributed by atoms with van der Waals surface area (Å²) in [7, 11) is 0. The van der Waals surface area contributed by atoms with Crippen molar-refractivity contribution in [2.45, 2.75) is 43.6 Å². The molecule has 1 aliphatic rings. The Morgan fingerprint density at radius 2 is 1.82 bits per heavy atom. The number of amides is 1. The van der Waals surface area contributed by atoms with Gasteiger partial charge in [-0.05, 0) is 13.0 Å². The van der Waals surface area contributed by atoms with Gasteiger partial charge in [-0.2, -0.15) is 40.2 Å². The number of fused-ring (bicyclic) bond motifs is 2. The Kier molecular flexibility index (Phi) is 5.55. The van der Waals surface area contributed by atoms with E-state index in [2.05, 4.69) is 40.0 Å². The Morgan fingerprint density at radius 1 is 1.10 bits per heavy atom. The third kappa shape index (κ3) is 4.07. The molecule has 0 saturated heterocycles. The molecule has 0 radical (unpaired) electrons. The Morgan fingerprint density at radius 3 is 2.46 bits per heavy atom. The zero-order valence-electron chi connectivity index (χ0n) is 19.2. The van der Waals surface area contributed by atoms with Crippen molar-refractivity contribution in [3.8, 4) is 11.5 Å². The van der Waals surface area contributed by atoms with E-state index in [9.17, 15) is 39.9 Å². The molecule has 11 nitrogen and oxygen atoms in total. The SMILES string of the molecule is CC1(c2nnc(C(F)(F)F)o2)C(=O)Nc2nc(-c3nn(CCC(F)(F)C(F)(F)F)c4ccncc34)nc(N)c21. The first-order chi connectivity index (χ1) is 18.0. The minimum Gasteiger partial charge on any atom is -0.416 e. The van der Waals surface area contributed by atoms with E-state index >= 15 is 0 Å². The average molecular weight is 563 g/mol. The molecule has 1 unspecified atom stereocenters. The fraction of sp³-hybridized carbons (Fsp3) is 0.350. The van der Waals surface area contributed by atoms with Crippen molar-refractivity contribution in [3.05, 3.63) is 35.8 Å². The molecule has 3 N–H and O–H groups in total. The number of hydrogen-bond acceptors (Lipinski definition) is 9. The second-order valence-corrected chi connectivity index (χ2v) is 8.56. The van der Waals surface area contributed by atoms with Gasteiger partial charge in [-0.25, -0.2) is 9.97 Å². The summed E-state index contributed by atoms with van der Waals surface area (Å²) >= 11 is 0. The van der Waals surface area contributed by atoms with Gasteiger partial charge in [-0.1, -0.05) is 0 Å². The van der Waals surface area contributed by atoms with E-state index in [1.165, 1.54) is 18.5 Å². The van der Waals surface area contributed by atoms with Crippen molar-refractivity contribution < 1.29 is 44.3 Å². The lowest BCUT2D eigenvalue weighted by molar-refractivity contribution is -0.285. The number of nitrogens with two attached hydrogens (primary N) is 1. The highest BCUT2D eigenvalue weighted by Gasteiger charge is 2.57. The van der Waals surface area contributed by atoms with Gasteiger partial charge >= 0.3 is 24.2 Å². The van der Waals surface area contributed by atoms with Gasteiger partial charge < -0.3 is 15.5 Å². The van der Waals surface area contributed by atoms with Crippen molar-refractivity contribution in [2.75, 3.05) is 11.1 Å². The van der Waals surface area contributed by atoms with Crippen LogP contribution < -0.4 is 11.1 Å². The van der Waals surface area contributed by atoms with Crippen molar-refractivity contribution >= 4 is 28.4 Å². The van der Waals surface area contributed by atoms with Crippen LogP contribution in [0.25, 0.3) is 22.4 Å². The van der Waals surface area contributed by atoms with Crippen LogP contribution in [0.3, 0.4) is 0 Å². The van der Waals surface area contributed by atoms with E-state index in [-0.39, 0.29) is 33.8 Å². The number of carbonyl (C=O) groups excluding carboxylic acids is 1. The zero-order valence-corrected chi connectivity index (χ0v) is 19.2. The molecule has 0 aliphatic carbocycles. The van der Waals surface area contributed by atoms with E-state index in [1.807, 2.05) is 0 Å². The van der Waals surface area contributed by atoms with Gasteiger partial charge in [0.05, 0.1) is 11.1 Å². The highest BCUT2D eigenvalue weighted by atomic mass is 19.4. The van der Waals surface area contributed by atoms with Gasteiger partial charge in [0.15, 0.2) is 11.2 Å². The molecule has 4 aromatic rings. The molecule has 0 saturated carbocycles. The van der Waals surface area contributed by atoms with E-state index < -0.39 is 60.2 Å². The van der Waals surface area contributed by atoms with Crippen molar-refractivity contribution in [1.82, 2.24) is 34.9 Å². The molecule has 4 aromatic heterocycles. The number of nitrogen functional groups attached to an aromatic ring is 1. The lowest BCUT2D eigenvalue weighted by atomic mass is 9.84. The first-order valence-corrected chi connectivity index (χ1v) is 10.7. The summed E-state index contributed by atoms with van der Waals surface area (Å²) in [5.41, 5.74) is 3.87. The number of carbonyl (C=O) groups is 1. The predicted octanol–water partition coefficient (Wildman–Crippen LogP) is 3.72. The van der Waals surface area contributed by atoms with Gasteiger partial charge in [0.25, 0.3) is 0 Å². The molecule has 0 spiro atoms. The minimum absolute atomic E-state index is 0.122. The molecule has 0 aromatic carbocycles. The third-order valence-corrected chi connectivity index (χ3v) is 6.03. The fourth-order valence-corrected chi connectivity index (χ4v) is 4.00. The van der Waals surface area contributed by atoms with Crippen LogP contribution in [0.2, 0.25) is 0 Å². The lowest BCUT2D eigenvalue weighted by Crippen LogP contribution is -2.37. The minimum atomic E-state index is -5.76. The van der Waals surface area contributed by atoms with Crippen LogP contribution in [-0.2, 0) is 22.9 Å².